The predicted molar refractivity (Wildman–Crippen MR) is 171 cm³/mol. The summed E-state index contributed by atoms with van der Waals surface area (Å²) in [5.41, 5.74) is 1.18. The molecule has 1 saturated heterocycles. The Hall–Kier alpha value is -5.01. The number of hydrogen-bond donors (Lipinski definition) is 5. The van der Waals surface area contributed by atoms with Crippen LogP contribution in [0.25, 0.3) is 0 Å². The van der Waals surface area contributed by atoms with Gasteiger partial charge in [0.15, 0.2) is 0 Å². The summed E-state index contributed by atoms with van der Waals surface area (Å²) in [6.45, 7) is 4.32. The molecule has 1 aliphatic rings. The number of carbonyl (C=O) groups excluding carboxylic acids is 6. The number of nitrogens with zero attached hydrogens (tertiary/aromatic N) is 1. The molecule has 2 heterocycles. The van der Waals surface area contributed by atoms with Gasteiger partial charge in [-0.1, -0.05) is 56.7 Å². The Morgan fingerprint density at radius 2 is 1.64 bits per heavy atom. The largest absolute Gasteiger partial charge is 0.481 e. The van der Waals surface area contributed by atoms with Crippen molar-refractivity contribution >= 4 is 35.5 Å². The lowest BCUT2D eigenvalue weighted by Crippen LogP contribution is -2.57. The van der Waals surface area contributed by atoms with Crippen molar-refractivity contribution in [2.75, 3.05) is 20.2 Å². The molecule has 4 atom stereocenters. The monoisotopic (exact) mass is 652 g/mol. The molecular formula is C33H44N6O8. The number of alkyl carbamates (subject to hydrolysis) is 1. The van der Waals surface area contributed by atoms with E-state index in [9.17, 15) is 28.8 Å². The van der Waals surface area contributed by atoms with E-state index in [-0.39, 0.29) is 38.3 Å². The van der Waals surface area contributed by atoms with Crippen molar-refractivity contribution in [2.24, 2.45) is 5.92 Å². The van der Waals surface area contributed by atoms with E-state index in [1.165, 1.54) is 7.11 Å². The Labute approximate surface area is 274 Å². The van der Waals surface area contributed by atoms with Gasteiger partial charge < -0.3 is 36.1 Å². The van der Waals surface area contributed by atoms with Gasteiger partial charge in [0.1, 0.15) is 18.7 Å². The number of rotatable bonds is 18. The molecule has 1 aromatic heterocycles. The third-order valence-corrected chi connectivity index (χ3v) is 7.51. The first-order chi connectivity index (χ1) is 22.6. The van der Waals surface area contributed by atoms with E-state index in [0.29, 0.717) is 37.4 Å². The molecule has 254 valence electrons. The highest BCUT2D eigenvalue weighted by atomic mass is 16.5. The highest BCUT2D eigenvalue weighted by molar-refractivity contribution is 6.38. The van der Waals surface area contributed by atoms with Gasteiger partial charge in [0.05, 0.1) is 13.2 Å². The average molecular weight is 653 g/mol. The molecule has 1 fully saturated rings. The van der Waals surface area contributed by atoms with Crippen molar-refractivity contribution in [1.29, 1.82) is 0 Å². The SMILES string of the molecule is CCCNC(=O)C(=O)[C@H](C[C@@H]1CCNC1=O)NC(=O)[C@H](CCC)NC(=O)C(Cc1cccc(OC)n1)NC(=O)OCc1ccccc1. The molecular weight excluding hydrogens is 608 g/mol. The van der Waals surface area contributed by atoms with Gasteiger partial charge in [0.25, 0.3) is 5.91 Å². The van der Waals surface area contributed by atoms with Crippen LogP contribution in [-0.4, -0.2) is 78.8 Å². The molecule has 0 aliphatic carbocycles. The summed E-state index contributed by atoms with van der Waals surface area (Å²) in [7, 11) is 1.45. The van der Waals surface area contributed by atoms with Crippen molar-refractivity contribution in [3.63, 3.8) is 0 Å². The molecule has 2 aromatic rings. The van der Waals surface area contributed by atoms with Gasteiger partial charge in [-0.15, -0.1) is 0 Å². The number of amides is 5. The second kappa shape index (κ2) is 18.8. The van der Waals surface area contributed by atoms with Crippen molar-refractivity contribution in [3.05, 3.63) is 59.8 Å². The van der Waals surface area contributed by atoms with Gasteiger partial charge in [-0.25, -0.2) is 9.78 Å². The highest BCUT2D eigenvalue weighted by Crippen LogP contribution is 2.17. The lowest BCUT2D eigenvalue weighted by Gasteiger charge is -2.25. The van der Waals surface area contributed by atoms with E-state index in [1.807, 2.05) is 19.9 Å². The summed E-state index contributed by atoms with van der Waals surface area (Å²) >= 11 is 0. The zero-order valence-corrected chi connectivity index (χ0v) is 27.0. The molecule has 0 spiro atoms. The van der Waals surface area contributed by atoms with E-state index in [1.54, 1.807) is 42.5 Å². The van der Waals surface area contributed by atoms with E-state index >= 15 is 0 Å². The molecule has 14 heteroatoms. The van der Waals surface area contributed by atoms with Crippen LogP contribution in [0.3, 0.4) is 0 Å². The number of pyridine rings is 1. The highest BCUT2D eigenvalue weighted by Gasteiger charge is 2.36. The maximum absolute atomic E-state index is 13.7. The van der Waals surface area contributed by atoms with Crippen LogP contribution in [0.15, 0.2) is 48.5 Å². The topological polar surface area (TPSA) is 194 Å². The lowest BCUT2D eigenvalue weighted by molar-refractivity contribution is -0.141. The molecule has 0 bridgehead atoms. The number of methoxy groups -OCH3 is 1. The Bertz CT molecular complexity index is 1390. The molecule has 0 saturated carbocycles. The van der Waals surface area contributed by atoms with Crippen LogP contribution in [0.1, 0.15) is 57.2 Å². The maximum Gasteiger partial charge on any atom is 0.408 e. The van der Waals surface area contributed by atoms with Crippen LogP contribution in [-0.2, 0) is 41.7 Å². The van der Waals surface area contributed by atoms with Gasteiger partial charge in [0.2, 0.25) is 29.4 Å². The van der Waals surface area contributed by atoms with Gasteiger partial charge >= 0.3 is 6.09 Å². The summed E-state index contributed by atoms with van der Waals surface area (Å²) in [6.07, 6.45) is 0.747. The first kappa shape index (κ1) is 36.5. The number of nitrogens with one attached hydrogen (secondary N) is 5. The molecule has 47 heavy (non-hydrogen) atoms. The molecule has 3 rings (SSSR count). The summed E-state index contributed by atoms with van der Waals surface area (Å²) in [5.74, 6) is -3.65. The molecule has 1 aliphatic heterocycles. The van der Waals surface area contributed by atoms with Crippen LogP contribution < -0.4 is 31.3 Å². The van der Waals surface area contributed by atoms with E-state index in [2.05, 4.69) is 31.6 Å². The lowest BCUT2D eigenvalue weighted by atomic mass is 9.95. The fourth-order valence-electron chi connectivity index (χ4n) is 4.98. The van der Waals surface area contributed by atoms with Crippen LogP contribution >= 0.6 is 0 Å². The number of hydrogen-bond acceptors (Lipinski definition) is 9. The Morgan fingerprint density at radius 3 is 2.30 bits per heavy atom. The van der Waals surface area contributed by atoms with Crippen LogP contribution in [0.5, 0.6) is 5.88 Å². The van der Waals surface area contributed by atoms with Gasteiger partial charge in [-0.05, 0) is 37.3 Å². The minimum absolute atomic E-state index is 0.0282. The minimum atomic E-state index is -1.28. The number of carbonyl (C=O) groups is 6. The molecule has 5 N–H and O–H groups in total. The Balaban J connectivity index is 1.77. The standard InChI is InChI=1S/C33H44N6O8/c1-4-10-24(30(42)38-25(18-22-15-17-35-29(22)41)28(40)32(44)34-16-5-2)37-31(43)26(19-23-13-9-14-27(36-23)46-3)39-33(45)47-20-21-11-7-6-8-12-21/h6-9,11-14,22,24-26H,4-5,10,15-20H2,1-3H3,(H,34,44)(H,35,41)(H,37,43)(H,38,42)(H,39,45)/t22-,24-,25-,26?/m0/s1. The van der Waals surface area contributed by atoms with Crippen molar-refractivity contribution in [1.82, 2.24) is 31.6 Å². The zero-order chi connectivity index (χ0) is 34.2. The Morgan fingerprint density at radius 1 is 0.915 bits per heavy atom. The van der Waals surface area contributed by atoms with Crippen LogP contribution in [0.2, 0.25) is 0 Å². The van der Waals surface area contributed by atoms with Gasteiger partial charge in [-0.3, -0.25) is 24.0 Å². The first-order valence-corrected chi connectivity index (χ1v) is 15.8. The third kappa shape index (κ3) is 11.7. The smallest absolute Gasteiger partial charge is 0.408 e. The van der Waals surface area contributed by atoms with E-state index < -0.39 is 53.6 Å². The molecule has 0 radical (unpaired) electrons. The van der Waals surface area contributed by atoms with Gasteiger partial charge in [0, 0.05) is 37.2 Å². The maximum atomic E-state index is 13.7. The van der Waals surface area contributed by atoms with Crippen LogP contribution in [0, 0.1) is 5.92 Å². The van der Waals surface area contributed by atoms with Crippen molar-refractivity contribution in [2.45, 2.75) is 77.1 Å². The Kier molecular flexibility index (Phi) is 14.6. The fraction of sp³-hybridized carbons (Fsp3) is 0.485. The third-order valence-electron chi connectivity index (χ3n) is 7.51. The zero-order valence-electron chi connectivity index (χ0n) is 27.0. The summed E-state index contributed by atoms with van der Waals surface area (Å²) in [5, 5.41) is 13.1. The minimum Gasteiger partial charge on any atom is -0.481 e. The second-order valence-corrected chi connectivity index (χ2v) is 11.2. The molecule has 1 unspecified atom stereocenters. The second-order valence-electron chi connectivity index (χ2n) is 11.2. The number of ketones is 1. The summed E-state index contributed by atoms with van der Waals surface area (Å²) in [4.78, 5) is 82.3. The fourth-order valence-corrected chi connectivity index (χ4v) is 4.98. The predicted octanol–water partition coefficient (Wildman–Crippen LogP) is 1.32. The van der Waals surface area contributed by atoms with Gasteiger partial charge in [-0.2, -0.15) is 0 Å². The summed E-state index contributed by atoms with van der Waals surface area (Å²) in [6, 6.07) is 10.4. The molecule has 5 amide bonds. The van der Waals surface area contributed by atoms with Crippen molar-refractivity contribution in [3.8, 4) is 5.88 Å². The van der Waals surface area contributed by atoms with E-state index in [4.69, 9.17) is 9.47 Å². The van der Waals surface area contributed by atoms with Crippen LogP contribution in [0.4, 0.5) is 4.79 Å². The number of aromatic nitrogens is 1. The number of benzene rings is 1. The van der Waals surface area contributed by atoms with E-state index in [0.717, 1.165) is 5.56 Å². The number of Topliss-reactive ketones (excluding diaryl/α,β-unsaturated/α-hetero) is 1. The van der Waals surface area contributed by atoms with Crippen molar-refractivity contribution < 1.29 is 38.2 Å². The molecule has 1 aromatic carbocycles. The average Bonchev–Trinajstić information content (AvgIpc) is 3.49. The molecule has 14 nitrogen and oxygen atoms in total. The number of ether oxygens (including phenoxy) is 2. The quantitative estimate of drug-likeness (QED) is 0.148. The normalized spacial score (nSPS) is 15.7. The summed E-state index contributed by atoms with van der Waals surface area (Å²) < 4.78 is 10.5. The first-order valence-electron chi connectivity index (χ1n) is 15.8.